The van der Waals surface area contributed by atoms with Crippen LogP contribution in [-0.2, 0) is 32.3 Å². The predicted octanol–water partition coefficient (Wildman–Crippen LogP) is 10.4. The number of rotatable bonds is 29. The smallest absolute Gasteiger partial charge is 0.306 e. The number of hydrogen-bond acceptors (Lipinski definition) is 6. The summed E-state index contributed by atoms with van der Waals surface area (Å²) in [4.78, 5) is 29.9. The van der Waals surface area contributed by atoms with Crippen molar-refractivity contribution in [2.24, 2.45) is 0 Å². The molecular formula is C42H68N2O4. The normalized spacial score (nSPS) is 11.4. The fourth-order valence-corrected chi connectivity index (χ4v) is 5.91. The summed E-state index contributed by atoms with van der Waals surface area (Å²) in [7, 11) is 0. The Morgan fingerprint density at radius 2 is 0.771 bits per heavy atom. The number of unbranched alkanes of at least 4 members (excludes halogenated alkanes) is 8. The van der Waals surface area contributed by atoms with Crippen LogP contribution >= 0.6 is 0 Å². The fraction of sp³-hybridized carbons (Fsp3) is 0.667. The Hall–Kier alpha value is -2.70. The fourth-order valence-electron chi connectivity index (χ4n) is 5.91. The first-order valence-corrected chi connectivity index (χ1v) is 19.4. The summed E-state index contributed by atoms with van der Waals surface area (Å²) in [5, 5.41) is 0. The van der Waals surface area contributed by atoms with Gasteiger partial charge < -0.3 is 19.3 Å². The molecular weight excluding hydrogens is 596 g/mol. The molecule has 48 heavy (non-hydrogen) atoms. The maximum atomic E-state index is 12.4. The number of ether oxygens (including phenoxy) is 2. The minimum absolute atomic E-state index is 0.122. The molecule has 0 aromatic heterocycles. The van der Waals surface area contributed by atoms with Gasteiger partial charge in [0.1, 0.15) is 13.2 Å². The van der Waals surface area contributed by atoms with Gasteiger partial charge >= 0.3 is 11.9 Å². The van der Waals surface area contributed by atoms with E-state index in [4.69, 9.17) is 9.47 Å². The lowest BCUT2D eigenvalue weighted by Gasteiger charge is -2.22. The van der Waals surface area contributed by atoms with Crippen LogP contribution in [0.4, 0.5) is 0 Å². The van der Waals surface area contributed by atoms with Crippen molar-refractivity contribution in [1.82, 2.24) is 9.80 Å². The SMILES string of the molecule is CCCCCCN(CCCC)CCCC(=O)OCc1ccc(-c2ccc(COC(=O)CCCN(CCCC)CCCCCC)cc2)cc1. The maximum absolute atomic E-state index is 12.4. The van der Waals surface area contributed by atoms with Gasteiger partial charge in [-0.1, -0.05) is 128 Å². The summed E-state index contributed by atoms with van der Waals surface area (Å²) < 4.78 is 11.2. The summed E-state index contributed by atoms with van der Waals surface area (Å²) in [6.07, 6.45) is 17.7. The van der Waals surface area contributed by atoms with Crippen LogP contribution in [0.5, 0.6) is 0 Å². The number of esters is 2. The molecule has 0 saturated carbocycles. The molecule has 2 aromatic carbocycles. The molecule has 270 valence electrons. The van der Waals surface area contributed by atoms with Crippen LogP contribution in [0.3, 0.4) is 0 Å². The molecule has 6 heteroatoms. The average Bonchev–Trinajstić information content (AvgIpc) is 3.11. The highest BCUT2D eigenvalue weighted by Crippen LogP contribution is 2.21. The third-order valence-electron chi connectivity index (χ3n) is 9.06. The van der Waals surface area contributed by atoms with Gasteiger partial charge in [-0.2, -0.15) is 0 Å². The first-order chi connectivity index (χ1) is 23.5. The van der Waals surface area contributed by atoms with Gasteiger partial charge in [0.15, 0.2) is 0 Å². The topological polar surface area (TPSA) is 59.1 Å². The van der Waals surface area contributed by atoms with Crippen LogP contribution in [-0.4, -0.2) is 61.0 Å². The van der Waals surface area contributed by atoms with Crippen LogP contribution in [0, 0.1) is 0 Å². The monoisotopic (exact) mass is 665 g/mol. The standard InChI is InChI=1S/C42H68N2O4/c1-5-9-13-15-31-43(29-11-7-3)33-17-19-41(45)47-35-37-21-25-39(26-22-37)40-27-23-38(24-28-40)36-48-42(46)20-18-34-44(30-12-8-4)32-16-14-10-6-2/h21-28H,5-20,29-36H2,1-4H3. The van der Waals surface area contributed by atoms with Crippen LogP contribution in [0.1, 0.15) is 142 Å². The highest BCUT2D eigenvalue weighted by atomic mass is 16.5. The lowest BCUT2D eigenvalue weighted by atomic mass is 10.0. The van der Waals surface area contributed by atoms with Crippen molar-refractivity contribution in [2.75, 3.05) is 39.3 Å². The highest BCUT2D eigenvalue weighted by Gasteiger charge is 2.10. The Morgan fingerprint density at radius 1 is 0.438 bits per heavy atom. The summed E-state index contributed by atoms with van der Waals surface area (Å²) in [5.41, 5.74) is 4.17. The number of carbonyl (C=O) groups excluding carboxylic acids is 2. The Bertz CT molecular complexity index is 998. The minimum Gasteiger partial charge on any atom is -0.461 e. The molecule has 0 saturated heterocycles. The molecule has 6 nitrogen and oxygen atoms in total. The second-order valence-electron chi connectivity index (χ2n) is 13.4. The first kappa shape index (κ1) is 41.5. The largest absolute Gasteiger partial charge is 0.461 e. The van der Waals surface area contributed by atoms with Gasteiger partial charge in [-0.15, -0.1) is 0 Å². The van der Waals surface area contributed by atoms with Gasteiger partial charge in [0.05, 0.1) is 0 Å². The van der Waals surface area contributed by atoms with E-state index in [-0.39, 0.29) is 11.9 Å². The van der Waals surface area contributed by atoms with Gasteiger partial charge in [-0.3, -0.25) is 9.59 Å². The molecule has 2 aromatic rings. The Balaban J connectivity index is 1.69. The predicted molar refractivity (Wildman–Crippen MR) is 201 cm³/mol. The van der Waals surface area contributed by atoms with E-state index in [0.29, 0.717) is 26.1 Å². The molecule has 0 aliphatic heterocycles. The maximum Gasteiger partial charge on any atom is 0.306 e. The zero-order valence-corrected chi connectivity index (χ0v) is 31.1. The summed E-state index contributed by atoms with van der Waals surface area (Å²) in [6, 6.07) is 16.4. The second kappa shape index (κ2) is 27.2. The van der Waals surface area contributed by atoms with Gasteiger partial charge in [0.25, 0.3) is 0 Å². The molecule has 0 N–H and O–H groups in total. The van der Waals surface area contributed by atoms with Crippen molar-refractivity contribution in [3.05, 3.63) is 59.7 Å². The summed E-state index contributed by atoms with van der Waals surface area (Å²) >= 11 is 0. The van der Waals surface area contributed by atoms with Gasteiger partial charge in [-0.25, -0.2) is 0 Å². The number of benzene rings is 2. The molecule has 0 radical (unpaired) electrons. The van der Waals surface area contributed by atoms with Crippen LogP contribution < -0.4 is 0 Å². The summed E-state index contributed by atoms with van der Waals surface area (Å²) in [6.45, 7) is 16.0. The van der Waals surface area contributed by atoms with Crippen LogP contribution in [0.2, 0.25) is 0 Å². The Morgan fingerprint density at radius 3 is 1.12 bits per heavy atom. The highest BCUT2D eigenvalue weighted by molar-refractivity contribution is 5.70. The molecule has 0 aliphatic carbocycles. The van der Waals surface area contributed by atoms with E-state index in [1.165, 1.54) is 77.0 Å². The zero-order chi connectivity index (χ0) is 34.7. The number of nitrogens with zero attached hydrogens (tertiary/aromatic N) is 2. The van der Waals surface area contributed by atoms with Crippen LogP contribution in [0.25, 0.3) is 11.1 Å². The lowest BCUT2D eigenvalue weighted by Crippen LogP contribution is -2.27. The first-order valence-electron chi connectivity index (χ1n) is 19.4. The van der Waals surface area contributed by atoms with E-state index in [1.807, 2.05) is 24.3 Å². The van der Waals surface area contributed by atoms with Crippen molar-refractivity contribution in [1.29, 1.82) is 0 Å². The third-order valence-corrected chi connectivity index (χ3v) is 9.06. The Kier molecular flexibility index (Phi) is 23.5. The van der Waals surface area contributed by atoms with Crippen molar-refractivity contribution >= 4 is 11.9 Å². The molecule has 0 heterocycles. The number of carbonyl (C=O) groups is 2. The van der Waals surface area contributed by atoms with E-state index in [0.717, 1.165) is 74.4 Å². The third kappa shape index (κ3) is 19.3. The van der Waals surface area contributed by atoms with Gasteiger partial charge in [-0.05, 0) is 100 Å². The van der Waals surface area contributed by atoms with Crippen molar-refractivity contribution in [3.63, 3.8) is 0 Å². The Labute approximate surface area is 294 Å². The zero-order valence-electron chi connectivity index (χ0n) is 31.1. The molecule has 0 bridgehead atoms. The molecule has 2 rings (SSSR count). The van der Waals surface area contributed by atoms with Crippen molar-refractivity contribution < 1.29 is 19.1 Å². The average molecular weight is 665 g/mol. The molecule has 0 spiro atoms. The van der Waals surface area contributed by atoms with Crippen LogP contribution in [0.15, 0.2) is 48.5 Å². The van der Waals surface area contributed by atoms with Gasteiger partial charge in [0.2, 0.25) is 0 Å². The molecule has 0 amide bonds. The molecule has 0 unspecified atom stereocenters. The van der Waals surface area contributed by atoms with E-state index in [1.54, 1.807) is 0 Å². The quantitative estimate of drug-likeness (QED) is 0.0637. The summed E-state index contributed by atoms with van der Waals surface area (Å²) in [5.74, 6) is -0.243. The molecule has 0 fully saturated rings. The lowest BCUT2D eigenvalue weighted by molar-refractivity contribution is -0.146. The van der Waals surface area contributed by atoms with Gasteiger partial charge in [0, 0.05) is 12.8 Å². The number of hydrogen-bond donors (Lipinski definition) is 0. The molecule has 0 aliphatic rings. The molecule has 0 atom stereocenters. The van der Waals surface area contributed by atoms with Crippen molar-refractivity contribution in [3.8, 4) is 11.1 Å². The van der Waals surface area contributed by atoms with E-state index in [2.05, 4.69) is 61.8 Å². The van der Waals surface area contributed by atoms with Crippen molar-refractivity contribution in [2.45, 2.75) is 144 Å². The second-order valence-corrected chi connectivity index (χ2v) is 13.4. The minimum atomic E-state index is -0.122. The van der Waals surface area contributed by atoms with E-state index in [9.17, 15) is 9.59 Å². The van der Waals surface area contributed by atoms with E-state index >= 15 is 0 Å². The van der Waals surface area contributed by atoms with E-state index < -0.39 is 0 Å².